The summed E-state index contributed by atoms with van der Waals surface area (Å²) in [5.41, 5.74) is 5.51. The summed E-state index contributed by atoms with van der Waals surface area (Å²) in [5, 5.41) is 4.78. The number of aromatic nitrogens is 3. The van der Waals surface area contributed by atoms with Crippen LogP contribution in [0.4, 0.5) is 5.13 Å². The number of hydrogen-bond acceptors (Lipinski definition) is 4. The summed E-state index contributed by atoms with van der Waals surface area (Å²) >= 11 is 3.72. The van der Waals surface area contributed by atoms with Gasteiger partial charge in [0.2, 0.25) is 0 Å². The van der Waals surface area contributed by atoms with E-state index in [1.165, 1.54) is 11.3 Å². The summed E-state index contributed by atoms with van der Waals surface area (Å²) in [6.07, 6.45) is 5.59. The van der Waals surface area contributed by atoms with Gasteiger partial charge in [0.15, 0.2) is 5.13 Å². The second-order valence-corrected chi connectivity index (χ2v) is 4.91. The van der Waals surface area contributed by atoms with Gasteiger partial charge in [-0.3, -0.25) is 4.68 Å². The van der Waals surface area contributed by atoms with Gasteiger partial charge < -0.3 is 5.73 Å². The summed E-state index contributed by atoms with van der Waals surface area (Å²) in [5.74, 6) is 0. The molecule has 4 nitrogen and oxygen atoms in total. The Labute approximate surface area is 92.9 Å². The molecule has 2 N–H and O–H groups in total. The zero-order valence-corrected chi connectivity index (χ0v) is 9.62. The molecule has 0 unspecified atom stereocenters. The summed E-state index contributed by atoms with van der Waals surface area (Å²) in [6, 6.07) is 0. The molecule has 0 bridgehead atoms. The maximum atomic E-state index is 5.51. The van der Waals surface area contributed by atoms with Crippen LogP contribution in [0.25, 0.3) is 0 Å². The molecular weight excluding hydrogens is 299 g/mol. The summed E-state index contributed by atoms with van der Waals surface area (Å²) in [4.78, 5) is 5.10. The fourth-order valence-electron chi connectivity index (χ4n) is 0.980. The number of nitrogens with two attached hydrogens (primary N) is 1. The van der Waals surface area contributed by atoms with Gasteiger partial charge in [-0.05, 0) is 22.6 Å². The molecule has 0 aliphatic carbocycles. The summed E-state index contributed by atoms with van der Waals surface area (Å²) in [7, 11) is 0. The van der Waals surface area contributed by atoms with Crippen molar-refractivity contribution < 1.29 is 0 Å². The van der Waals surface area contributed by atoms with Crippen LogP contribution in [0.5, 0.6) is 0 Å². The Kier molecular flexibility index (Phi) is 2.49. The largest absolute Gasteiger partial charge is 0.375 e. The molecule has 2 rings (SSSR count). The molecule has 6 heteroatoms. The lowest BCUT2D eigenvalue weighted by Gasteiger charge is -1.95. The molecule has 0 aliphatic rings. The number of anilines is 1. The molecule has 0 amide bonds. The molecule has 0 atom stereocenters. The summed E-state index contributed by atoms with van der Waals surface area (Å²) in [6.45, 7) is 0.748. The Hall–Kier alpha value is -0.630. The first-order valence-corrected chi connectivity index (χ1v) is 5.52. The molecule has 0 saturated heterocycles. The average Bonchev–Trinajstić information content (AvgIpc) is 2.62. The monoisotopic (exact) mass is 306 g/mol. The van der Waals surface area contributed by atoms with Crippen molar-refractivity contribution in [2.45, 2.75) is 6.54 Å². The molecule has 2 heterocycles. The van der Waals surface area contributed by atoms with Crippen molar-refractivity contribution in [1.82, 2.24) is 14.8 Å². The highest BCUT2D eigenvalue weighted by Crippen LogP contribution is 2.15. The van der Waals surface area contributed by atoms with Crippen LogP contribution in [0.1, 0.15) is 4.88 Å². The van der Waals surface area contributed by atoms with E-state index in [1.54, 1.807) is 6.20 Å². The predicted molar refractivity (Wildman–Crippen MR) is 60.6 cm³/mol. The maximum absolute atomic E-state index is 5.51. The Balaban J connectivity index is 2.14. The van der Waals surface area contributed by atoms with E-state index < -0.39 is 0 Å². The molecular formula is C7H7IN4S. The fraction of sp³-hybridized carbons (Fsp3) is 0.143. The van der Waals surface area contributed by atoms with Crippen LogP contribution in [-0.4, -0.2) is 14.8 Å². The quantitative estimate of drug-likeness (QED) is 0.857. The van der Waals surface area contributed by atoms with Gasteiger partial charge >= 0.3 is 0 Å². The Morgan fingerprint density at radius 1 is 1.54 bits per heavy atom. The minimum atomic E-state index is 0.608. The van der Waals surface area contributed by atoms with Gasteiger partial charge in [0.05, 0.1) is 16.3 Å². The van der Waals surface area contributed by atoms with Gasteiger partial charge in [0.25, 0.3) is 0 Å². The van der Waals surface area contributed by atoms with E-state index in [-0.39, 0.29) is 0 Å². The van der Waals surface area contributed by atoms with E-state index in [2.05, 4.69) is 32.7 Å². The lowest BCUT2D eigenvalue weighted by atomic mass is 10.5. The van der Waals surface area contributed by atoms with E-state index in [4.69, 9.17) is 5.73 Å². The van der Waals surface area contributed by atoms with Crippen LogP contribution >= 0.6 is 33.9 Å². The number of rotatable bonds is 2. The summed E-state index contributed by atoms with van der Waals surface area (Å²) < 4.78 is 3.00. The van der Waals surface area contributed by atoms with E-state index in [0.29, 0.717) is 5.13 Å². The van der Waals surface area contributed by atoms with Crippen LogP contribution in [0, 0.1) is 3.57 Å². The first kappa shape index (κ1) is 8.95. The third-order valence-corrected chi connectivity index (χ3v) is 2.86. The van der Waals surface area contributed by atoms with Crippen LogP contribution < -0.4 is 5.73 Å². The Bertz CT molecular complexity index is 370. The van der Waals surface area contributed by atoms with Crippen molar-refractivity contribution in [1.29, 1.82) is 0 Å². The lowest BCUT2D eigenvalue weighted by molar-refractivity contribution is 0.693. The van der Waals surface area contributed by atoms with Gasteiger partial charge in [-0.25, -0.2) is 4.98 Å². The molecule has 0 aromatic carbocycles. The molecule has 0 spiro atoms. The minimum absolute atomic E-state index is 0.608. The standard InChI is InChI=1S/C7H7IN4S/c8-5-1-11-12(3-5)4-6-2-10-7(9)13-6/h1-3H,4H2,(H2,9,10). The van der Waals surface area contributed by atoms with Crippen LogP contribution in [-0.2, 0) is 6.54 Å². The van der Waals surface area contributed by atoms with E-state index in [1.807, 2.05) is 17.1 Å². The average molecular weight is 306 g/mol. The highest BCUT2D eigenvalue weighted by molar-refractivity contribution is 14.1. The van der Waals surface area contributed by atoms with Gasteiger partial charge in [0.1, 0.15) is 0 Å². The Morgan fingerprint density at radius 3 is 2.92 bits per heavy atom. The van der Waals surface area contributed by atoms with Gasteiger partial charge in [-0.15, -0.1) is 11.3 Å². The van der Waals surface area contributed by atoms with Gasteiger partial charge in [-0.1, -0.05) is 0 Å². The molecule has 13 heavy (non-hydrogen) atoms. The number of hydrogen-bond donors (Lipinski definition) is 1. The van der Waals surface area contributed by atoms with E-state index in [9.17, 15) is 0 Å². The Morgan fingerprint density at radius 2 is 2.38 bits per heavy atom. The number of halogens is 1. The minimum Gasteiger partial charge on any atom is -0.375 e. The lowest BCUT2D eigenvalue weighted by Crippen LogP contribution is -1.97. The first-order chi connectivity index (χ1) is 6.24. The zero-order chi connectivity index (χ0) is 9.26. The highest BCUT2D eigenvalue weighted by Gasteiger charge is 2.00. The van der Waals surface area contributed by atoms with Crippen molar-refractivity contribution in [2.75, 3.05) is 5.73 Å². The van der Waals surface area contributed by atoms with Gasteiger partial charge in [0, 0.05) is 17.3 Å². The second kappa shape index (κ2) is 3.62. The van der Waals surface area contributed by atoms with Crippen LogP contribution in [0.15, 0.2) is 18.6 Å². The van der Waals surface area contributed by atoms with Crippen molar-refractivity contribution >= 4 is 39.1 Å². The fourth-order valence-corrected chi connectivity index (χ4v) is 2.10. The smallest absolute Gasteiger partial charge is 0.180 e. The molecule has 2 aromatic heterocycles. The molecule has 2 aromatic rings. The molecule has 0 saturated carbocycles. The maximum Gasteiger partial charge on any atom is 0.180 e. The van der Waals surface area contributed by atoms with Crippen molar-refractivity contribution in [3.63, 3.8) is 0 Å². The topological polar surface area (TPSA) is 56.7 Å². The van der Waals surface area contributed by atoms with Crippen molar-refractivity contribution in [2.24, 2.45) is 0 Å². The second-order valence-electron chi connectivity index (χ2n) is 2.52. The van der Waals surface area contributed by atoms with E-state index in [0.717, 1.165) is 15.0 Å². The van der Waals surface area contributed by atoms with Gasteiger partial charge in [-0.2, -0.15) is 5.10 Å². The van der Waals surface area contributed by atoms with Crippen LogP contribution in [0.2, 0.25) is 0 Å². The van der Waals surface area contributed by atoms with Crippen molar-refractivity contribution in [3.8, 4) is 0 Å². The zero-order valence-electron chi connectivity index (χ0n) is 6.64. The SMILES string of the molecule is Nc1ncc(Cn2cc(I)cn2)s1. The predicted octanol–water partition coefficient (Wildman–Crippen LogP) is 1.57. The number of nitrogens with zero attached hydrogens (tertiary/aromatic N) is 3. The highest BCUT2D eigenvalue weighted by atomic mass is 127. The number of nitrogen functional groups attached to an aromatic ring is 1. The molecule has 0 fully saturated rings. The van der Waals surface area contributed by atoms with Crippen molar-refractivity contribution in [3.05, 3.63) is 27.0 Å². The molecule has 0 aliphatic heterocycles. The third kappa shape index (κ3) is 2.19. The molecule has 0 radical (unpaired) electrons. The third-order valence-electron chi connectivity index (χ3n) is 1.49. The number of thiazole rings is 1. The first-order valence-electron chi connectivity index (χ1n) is 3.62. The van der Waals surface area contributed by atoms with E-state index >= 15 is 0 Å². The van der Waals surface area contributed by atoms with Crippen LogP contribution in [0.3, 0.4) is 0 Å². The normalized spacial score (nSPS) is 10.5. The molecule has 68 valence electrons.